The van der Waals surface area contributed by atoms with Gasteiger partial charge in [0, 0.05) is 19.1 Å². The minimum Gasteiger partial charge on any atom is -0.346 e. The lowest BCUT2D eigenvalue weighted by molar-refractivity contribution is 0.260. The van der Waals surface area contributed by atoms with E-state index in [9.17, 15) is 8.42 Å². The molecule has 2 saturated heterocycles. The highest BCUT2D eigenvalue weighted by molar-refractivity contribution is 7.91. The second-order valence-corrected chi connectivity index (χ2v) is 7.94. The summed E-state index contributed by atoms with van der Waals surface area (Å²) in [7, 11) is -3.62. The molecule has 8 heteroatoms. The van der Waals surface area contributed by atoms with Crippen molar-refractivity contribution >= 4 is 26.5 Å². The van der Waals surface area contributed by atoms with Gasteiger partial charge in [-0.3, -0.25) is 4.90 Å². The van der Waals surface area contributed by atoms with Crippen molar-refractivity contribution in [1.29, 1.82) is 0 Å². The van der Waals surface area contributed by atoms with Gasteiger partial charge in [0.05, 0.1) is 6.20 Å². The van der Waals surface area contributed by atoms with Gasteiger partial charge in [0.2, 0.25) is 10.0 Å². The number of thiazole rings is 1. The molecule has 0 aromatic carbocycles. The predicted octanol–water partition coefficient (Wildman–Crippen LogP) is 0.465. The molecule has 1 aromatic rings. The van der Waals surface area contributed by atoms with Crippen LogP contribution in [-0.4, -0.2) is 50.5 Å². The first kappa shape index (κ1) is 13.3. The number of aromatic nitrogens is 1. The van der Waals surface area contributed by atoms with E-state index in [0.717, 1.165) is 36.0 Å². The third kappa shape index (κ3) is 2.76. The number of primary sulfonamides is 1. The molecule has 2 fully saturated rings. The van der Waals surface area contributed by atoms with Gasteiger partial charge < -0.3 is 4.90 Å². The van der Waals surface area contributed by atoms with Gasteiger partial charge in [-0.2, -0.15) is 0 Å². The van der Waals surface area contributed by atoms with Gasteiger partial charge >= 0.3 is 0 Å². The van der Waals surface area contributed by atoms with E-state index in [-0.39, 0.29) is 4.21 Å². The molecule has 2 aliphatic heterocycles. The molecule has 0 spiro atoms. The summed E-state index contributed by atoms with van der Waals surface area (Å²) in [6.45, 7) is 4.27. The molecule has 2 aliphatic rings. The van der Waals surface area contributed by atoms with E-state index in [1.54, 1.807) is 0 Å². The molecule has 0 unspecified atom stereocenters. The van der Waals surface area contributed by atoms with Crippen LogP contribution >= 0.6 is 11.3 Å². The van der Waals surface area contributed by atoms with Crippen molar-refractivity contribution in [3.05, 3.63) is 6.20 Å². The van der Waals surface area contributed by atoms with Crippen molar-refractivity contribution in [2.75, 3.05) is 31.1 Å². The summed E-state index contributed by atoms with van der Waals surface area (Å²) in [5, 5.41) is 5.88. The Labute approximate surface area is 117 Å². The van der Waals surface area contributed by atoms with E-state index in [1.165, 1.54) is 32.1 Å². The molecular weight excluding hydrogens is 284 g/mol. The number of rotatable bonds is 3. The van der Waals surface area contributed by atoms with Crippen LogP contribution in [0, 0.1) is 0 Å². The number of anilines is 1. The minimum atomic E-state index is -3.62. The number of sulfonamides is 1. The minimum absolute atomic E-state index is 0.145. The highest BCUT2D eigenvalue weighted by Gasteiger charge is 2.30. The van der Waals surface area contributed by atoms with Gasteiger partial charge in [0.25, 0.3) is 0 Å². The molecule has 3 heterocycles. The van der Waals surface area contributed by atoms with Gasteiger partial charge in [-0.05, 0) is 32.4 Å². The van der Waals surface area contributed by atoms with Crippen molar-refractivity contribution in [2.45, 2.75) is 29.5 Å². The maximum atomic E-state index is 11.3. The molecule has 106 valence electrons. The third-order valence-electron chi connectivity index (χ3n) is 3.84. The summed E-state index contributed by atoms with van der Waals surface area (Å²) in [4.78, 5) is 8.90. The monoisotopic (exact) mass is 302 g/mol. The lowest BCUT2D eigenvalue weighted by Crippen LogP contribution is -2.35. The largest absolute Gasteiger partial charge is 0.346 e. The zero-order valence-corrected chi connectivity index (χ0v) is 12.3. The first-order chi connectivity index (χ1) is 9.04. The molecule has 0 aliphatic carbocycles. The van der Waals surface area contributed by atoms with E-state index >= 15 is 0 Å². The summed E-state index contributed by atoms with van der Waals surface area (Å²) in [5.74, 6) is 0. The highest BCUT2D eigenvalue weighted by Crippen LogP contribution is 2.30. The van der Waals surface area contributed by atoms with E-state index in [1.807, 2.05) is 0 Å². The Morgan fingerprint density at radius 3 is 2.68 bits per heavy atom. The van der Waals surface area contributed by atoms with Gasteiger partial charge in [0.1, 0.15) is 0 Å². The normalized spacial score (nSPS) is 25.3. The van der Waals surface area contributed by atoms with E-state index in [0.29, 0.717) is 6.04 Å². The van der Waals surface area contributed by atoms with Crippen LogP contribution in [-0.2, 0) is 10.0 Å². The Kier molecular flexibility index (Phi) is 3.50. The van der Waals surface area contributed by atoms with E-state index in [2.05, 4.69) is 14.8 Å². The van der Waals surface area contributed by atoms with Gasteiger partial charge in [-0.15, -0.1) is 0 Å². The Hall–Kier alpha value is -0.700. The van der Waals surface area contributed by atoms with Crippen molar-refractivity contribution in [3.8, 4) is 0 Å². The van der Waals surface area contributed by atoms with Crippen LogP contribution in [0.3, 0.4) is 0 Å². The van der Waals surface area contributed by atoms with Crippen LogP contribution in [0.1, 0.15) is 19.3 Å². The number of likely N-dealkylation sites (tertiary alicyclic amines) is 1. The topological polar surface area (TPSA) is 79.5 Å². The van der Waals surface area contributed by atoms with E-state index in [4.69, 9.17) is 5.14 Å². The molecule has 0 amide bonds. The third-order valence-corrected chi connectivity index (χ3v) is 6.31. The first-order valence-electron chi connectivity index (χ1n) is 6.52. The Bertz CT molecular complexity index is 551. The molecule has 0 radical (unpaired) electrons. The summed E-state index contributed by atoms with van der Waals surface area (Å²) in [6, 6.07) is 0.587. The Morgan fingerprint density at radius 1 is 1.32 bits per heavy atom. The van der Waals surface area contributed by atoms with Crippen LogP contribution in [0.2, 0.25) is 0 Å². The smallest absolute Gasteiger partial charge is 0.249 e. The van der Waals surface area contributed by atoms with Crippen molar-refractivity contribution < 1.29 is 8.42 Å². The van der Waals surface area contributed by atoms with Gasteiger partial charge in [-0.1, -0.05) is 11.3 Å². The number of hydrogen-bond donors (Lipinski definition) is 1. The molecule has 19 heavy (non-hydrogen) atoms. The summed E-state index contributed by atoms with van der Waals surface area (Å²) < 4.78 is 22.7. The zero-order valence-electron chi connectivity index (χ0n) is 10.7. The van der Waals surface area contributed by atoms with Crippen molar-refractivity contribution in [1.82, 2.24) is 9.88 Å². The first-order valence-corrected chi connectivity index (χ1v) is 8.88. The average molecular weight is 302 g/mol. The maximum absolute atomic E-state index is 11.3. The zero-order chi connectivity index (χ0) is 13.5. The second kappa shape index (κ2) is 5.01. The summed E-state index contributed by atoms with van der Waals surface area (Å²) in [6.07, 6.45) is 5.08. The van der Waals surface area contributed by atoms with Crippen LogP contribution in [0.4, 0.5) is 5.13 Å². The van der Waals surface area contributed by atoms with Gasteiger partial charge in [0.15, 0.2) is 9.34 Å². The molecule has 2 N–H and O–H groups in total. The fraction of sp³-hybridized carbons (Fsp3) is 0.727. The SMILES string of the molecule is NS(=O)(=O)c1cnc(N2CC[C@@H](N3CCCC3)C2)s1. The summed E-state index contributed by atoms with van der Waals surface area (Å²) in [5.41, 5.74) is 0. The molecule has 6 nitrogen and oxygen atoms in total. The molecule has 0 saturated carbocycles. The molecule has 3 rings (SSSR count). The quantitative estimate of drug-likeness (QED) is 0.878. The number of hydrogen-bond acceptors (Lipinski definition) is 6. The van der Waals surface area contributed by atoms with Crippen LogP contribution < -0.4 is 10.0 Å². The molecular formula is C11H18N4O2S2. The maximum Gasteiger partial charge on any atom is 0.249 e. The van der Waals surface area contributed by atoms with Crippen molar-refractivity contribution in [2.24, 2.45) is 5.14 Å². The lowest BCUT2D eigenvalue weighted by Gasteiger charge is -2.23. The van der Waals surface area contributed by atoms with Crippen LogP contribution in [0.25, 0.3) is 0 Å². The Morgan fingerprint density at radius 2 is 2.05 bits per heavy atom. The van der Waals surface area contributed by atoms with Crippen LogP contribution in [0.5, 0.6) is 0 Å². The molecule has 1 aromatic heterocycles. The second-order valence-electron chi connectivity index (χ2n) is 5.14. The molecule has 0 bridgehead atoms. The van der Waals surface area contributed by atoms with E-state index < -0.39 is 10.0 Å². The number of nitrogens with zero attached hydrogens (tertiary/aromatic N) is 3. The van der Waals surface area contributed by atoms with Gasteiger partial charge in [-0.25, -0.2) is 18.5 Å². The summed E-state index contributed by atoms with van der Waals surface area (Å²) >= 11 is 1.16. The fourth-order valence-electron chi connectivity index (χ4n) is 2.85. The van der Waals surface area contributed by atoms with Crippen molar-refractivity contribution in [3.63, 3.8) is 0 Å². The predicted molar refractivity (Wildman–Crippen MR) is 74.9 cm³/mol. The number of nitrogens with two attached hydrogens (primary N) is 1. The Balaban J connectivity index is 1.69. The van der Waals surface area contributed by atoms with Crippen LogP contribution in [0.15, 0.2) is 10.4 Å². The fourth-order valence-corrected chi connectivity index (χ4v) is 4.42. The lowest BCUT2D eigenvalue weighted by atomic mass is 10.2. The molecule has 1 atom stereocenters. The highest BCUT2D eigenvalue weighted by atomic mass is 32.2. The average Bonchev–Trinajstić information content (AvgIpc) is 3.10. The standard InChI is InChI=1S/C11H18N4O2S2/c12-19(16,17)10-7-13-11(18-10)15-6-3-9(8-15)14-4-1-2-5-14/h7,9H,1-6,8H2,(H2,12,16,17)/t9-/m1/s1.